The van der Waals surface area contributed by atoms with Gasteiger partial charge in [-0.15, -0.1) is 0 Å². The Labute approximate surface area is 172 Å². The van der Waals surface area contributed by atoms with Gasteiger partial charge < -0.3 is 14.8 Å². The first-order chi connectivity index (χ1) is 14.5. The first-order valence-electron chi connectivity index (χ1n) is 8.92. The third kappa shape index (κ3) is 4.79. The zero-order valence-electron chi connectivity index (χ0n) is 16.0. The van der Waals surface area contributed by atoms with E-state index in [1.165, 1.54) is 19.2 Å². The minimum absolute atomic E-state index is 0.125. The molecule has 0 unspecified atom stereocenters. The van der Waals surface area contributed by atoms with Crippen LogP contribution in [0.2, 0.25) is 0 Å². The van der Waals surface area contributed by atoms with E-state index >= 15 is 0 Å². The maximum absolute atomic E-state index is 13.0. The highest BCUT2D eigenvalue weighted by Gasteiger charge is 2.27. The van der Waals surface area contributed by atoms with Crippen molar-refractivity contribution >= 4 is 23.6 Å². The molecule has 3 aromatic rings. The van der Waals surface area contributed by atoms with Crippen LogP contribution >= 0.6 is 0 Å². The largest absolute Gasteiger partial charge is 0.497 e. The number of carbonyl (C=O) groups is 2. The Kier molecular flexibility index (Phi) is 6.39. The molecule has 1 amide bonds. The summed E-state index contributed by atoms with van der Waals surface area (Å²) in [5.74, 6) is -0.0893. The van der Waals surface area contributed by atoms with Gasteiger partial charge in [-0.2, -0.15) is 0 Å². The molecule has 30 heavy (non-hydrogen) atoms. The summed E-state index contributed by atoms with van der Waals surface area (Å²) in [6.07, 6.45) is -0.667. The molecule has 0 aliphatic rings. The quantitative estimate of drug-likeness (QED) is 0.342. The summed E-state index contributed by atoms with van der Waals surface area (Å²) in [7, 11) is 1.51. The molecule has 0 bridgehead atoms. The summed E-state index contributed by atoms with van der Waals surface area (Å²) in [5, 5.41) is 14.2. The molecule has 1 N–H and O–H groups in total. The number of methoxy groups -OCH3 is 1. The van der Waals surface area contributed by atoms with E-state index in [1.54, 1.807) is 54.6 Å². The number of nitro benzene ring substituents is 1. The molecular weight excluding hydrogens is 388 g/mol. The Morgan fingerprint density at radius 2 is 1.83 bits per heavy atom. The highest BCUT2D eigenvalue weighted by Crippen LogP contribution is 2.32. The van der Waals surface area contributed by atoms with Gasteiger partial charge in [0.25, 0.3) is 5.91 Å². The number of hydrogen-bond acceptors (Lipinski definition) is 6. The fourth-order valence-electron chi connectivity index (χ4n) is 2.79. The number of hydrogen-bond donors (Lipinski definition) is 1. The van der Waals surface area contributed by atoms with Crippen LogP contribution in [0, 0.1) is 10.1 Å². The summed E-state index contributed by atoms with van der Waals surface area (Å²) in [4.78, 5) is 34.8. The standard InChI is InChI=1S/C22H18N2O6/c1-29-18-9-5-8-17(13-18)23-22(26)21(16-6-3-2-4-7-16)30-20-11-10-15(14-25)12-19(20)24(27)28/h2-14,21H,1H3,(H,23,26)/t21-/m1/s1. The predicted octanol–water partition coefficient (Wildman–Crippen LogP) is 4.17. The van der Waals surface area contributed by atoms with E-state index in [4.69, 9.17) is 9.47 Å². The molecular formula is C22H18N2O6. The summed E-state index contributed by atoms with van der Waals surface area (Å²) < 4.78 is 10.9. The SMILES string of the molecule is COc1cccc(NC(=O)[C@H](Oc2ccc(C=O)cc2[N+](=O)[O-])c2ccccc2)c1. The van der Waals surface area contributed by atoms with Gasteiger partial charge in [-0.25, -0.2) is 0 Å². The monoisotopic (exact) mass is 406 g/mol. The third-order valence-electron chi connectivity index (χ3n) is 4.24. The van der Waals surface area contributed by atoms with E-state index in [0.29, 0.717) is 23.3 Å². The van der Waals surface area contributed by atoms with Crippen LogP contribution in [-0.2, 0) is 4.79 Å². The number of nitro groups is 1. The number of rotatable bonds is 8. The topological polar surface area (TPSA) is 108 Å². The van der Waals surface area contributed by atoms with Gasteiger partial charge in [0.05, 0.1) is 12.0 Å². The van der Waals surface area contributed by atoms with Gasteiger partial charge in [-0.1, -0.05) is 36.4 Å². The average Bonchev–Trinajstić information content (AvgIpc) is 2.78. The molecule has 0 aliphatic carbocycles. The van der Waals surface area contributed by atoms with Gasteiger partial charge in [-0.3, -0.25) is 19.7 Å². The molecule has 0 saturated heterocycles. The predicted molar refractivity (Wildman–Crippen MR) is 110 cm³/mol. The van der Waals surface area contributed by atoms with Gasteiger partial charge in [-0.05, 0) is 24.3 Å². The van der Waals surface area contributed by atoms with Crippen LogP contribution in [0.15, 0.2) is 72.8 Å². The fraction of sp³-hybridized carbons (Fsp3) is 0.0909. The van der Waals surface area contributed by atoms with Gasteiger partial charge in [0.2, 0.25) is 6.10 Å². The van der Waals surface area contributed by atoms with E-state index in [0.717, 1.165) is 6.07 Å². The number of ether oxygens (including phenoxy) is 2. The highest BCUT2D eigenvalue weighted by atomic mass is 16.6. The molecule has 3 rings (SSSR count). The maximum atomic E-state index is 13.0. The Bertz CT molecular complexity index is 1070. The lowest BCUT2D eigenvalue weighted by Crippen LogP contribution is -2.26. The van der Waals surface area contributed by atoms with Crippen molar-refractivity contribution in [1.29, 1.82) is 0 Å². The second-order valence-electron chi connectivity index (χ2n) is 6.23. The average molecular weight is 406 g/mol. The van der Waals surface area contributed by atoms with E-state index in [1.807, 2.05) is 0 Å². The molecule has 152 valence electrons. The summed E-state index contributed by atoms with van der Waals surface area (Å²) >= 11 is 0. The second-order valence-corrected chi connectivity index (χ2v) is 6.23. The highest BCUT2D eigenvalue weighted by molar-refractivity contribution is 5.95. The number of benzene rings is 3. The number of amides is 1. The normalized spacial score (nSPS) is 11.2. The Morgan fingerprint density at radius 1 is 1.07 bits per heavy atom. The fourth-order valence-corrected chi connectivity index (χ4v) is 2.79. The molecule has 0 fully saturated rings. The number of nitrogens with one attached hydrogen (secondary N) is 1. The van der Waals surface area contributed by atoms with E-state index in [9.17, 15) is 19.7 Å². The van der Waals surface area contributed by atoms with E-state index < -0.39 is 22.6 Å². The zero-order chi connectivity index (χ0) is 21.5. The van der Waals surface area contributed by atoms with Crippen LogP contribution in [0.4, 0.5) is 11.4 Å². The van der Waals surface area contributed by atoms with Crippen LogP contribution in [0.5, 0.6) is 11.5 Å². The Morgan fingerprint density at radius 3 is 2.50 bits per heavy atom. The number of aldehydes is 1. The van der Waals surface area contributed by atoms with Gasteiger partial charge in [0, 0.05) is 28.9 Å². The van der Waals surface area contributed by atoms with Crippen molar-refractivity contribution in [3.8, 4) is 11.5 Å². The minimum Gasteiger partial charge on any atom is -0.497 e. The first kappa shape index (κ1) is 20.5. The van der Waals surface area contributed by atoms with Crippen molar-refractivity contribution in [3.63, 3.8) is 0 Å². The molecule has 0 saturated carbocycles. The van der Waals surface area contributed by atoms with E-state index in [2.05, 4.69) is 5.32 Å². The summed E-state index contributed by atoms with van der Waals surface area (Å²) in [6, 6.07) is 19.2. The van der Waals surface area contributed by atoms with Crippen molar-refractivity contribution in [2.24, 2.45) is 0 Å². The van der Waals surface area contributed by atoms with Gasteiger partial charge in [0.15, 0.2) is 5.75 Å². The molecule has 0 radical (unpaired) electrons. The van der Waals surface area contributed by atoms with Crippen molar-refractivity contribution < 1.29 is 24.0 Å². The Hall–Kier alpha value is -4.20. The Balaban J connectivity index is 1.95. The third-order valence-corrected chi connectivity index (χ3v) is 4.24. The second kappa shape index (κ2) is 9.33. The van der Waals surface area contributed by atoms with Gasteiger partial charge in [0.1, 0.15) is 12.0 Å². The minimum atomic E-state index is -1.17. The van der Waals surface area contributed by atoms with Gasteiger partial charge >= 0.3 is 5.69 Å². The number of anilines is 1. The van der Waals surface area contributed by atoms with Crippen molar-refractivity contribution in [2.45, 2.75) is 6.10 Å². The smallest absolute Gasteiger partial charge is 0.311 e. The van der Waals surface area contributed by atoms with Crippen molar-refractivity contribution in [3.05, 3.63) is 94.0 Å². The number of carbonyl (C=O) groups excluding carboxylic acids is 2. The molecule has 1 atom stereocenters. The van der Waals surface area contributed by atoms with E-state index in [-0.39, 0.29) is 11.3 Å². The lowest BCUT2D eigenvalue weighted by molar-refractivity contribution is -0.386. The lowest BCUT2D eigenvalue weighted by Gasteiger charge is -2.19. The molecule has 8 heteroatoms. The van der Waals surface area contributed by atoms with Crippen LogP contribution in [0.25, 0.3) is 0 Å². The van der Waals surface area contributed by atoms with Crippen molar-refractivity contribution in [1.82, 2.24) is 0 Å². The maximum Gasteiger partial charge on any atom is 0.311 e. The summed E-state index contributed by atoms with van der Waals surface area (Å²) in [5.41, 5.74) is 0.710. The van der Waals surface area contributed by atoms with Crippen molar-refractivity contribution in [2.75, 3.05) is 12.4 Å². The summed E-state index contributed by atoms with van der Waals surface area (Å²) in [6.45, 7) is 0. The molecule has 3 aromatic carbocycles. The molecule has 0 aromatic heterocycles. The first-order valence-corrected chi connectivity index (χ1v) is 8.92. The van der Waals surface area contributed by atoms with Crippen LogP contribution in [0.3, 0.4) is 0 Å². The number of nitrogens with zero attached hydrogens (tertiary/aromatic N) is 1. The van der Waals surface area contributed by atoms with Crippen LogP contribution < -0.4 is 14.8 Å². The zero-order valence-corrected chi connectivity index (χ0v) is 16.0. The molecule has 0 spiro atoms. The molecule has 0 heterocycles. The molecule has 0 aliphatic heterocycles. The van der Waals surface area contributed by atoms with Crippen LogP contribution in [0.1, 0.15) is 22.0 Å². The van der Waals surface area contributed by atoms with Crippen LogP contribution in [-0.4, -0.2) is 24.2 Å². The molecule has 8 nitrogen and oxygen atoms in total. The lowest BCUT2D eigenvalue weighted by atomic mass is 10.1.